The molecule has 3 nitrogen and oxygen atoms in total. The van der Waals surface area contributed by atoms with Gasteiger partial charge in [0, 0.05) is 23.9 Å². The predicted octanol–water partition coefficient (Wildman–Crippen LogP) is 2.53. The minimum absolute atomic E-state index is 0.524. The van der Waals surface area contributed by atoms with E-state index >= 15 is 0 Å². The molecule has 3 heteroatoms. The molecule has 1 aliphatic rings. The maximum absolute atomic E-state index is 4.55. The highest BCUT2D eigenvalue weighted by Gasteiger charge is 2.19. The Hall–Kier alpha value is -0.960. The monoisotopic (exact) mass is 247 g/mol. The number of fused-ring (bicyclic) bond motifs is 1. The first-order chi connectivity index (χ1) is 8.72. The Labute approximate surface area is 110 Å². The van der Waals surface area contributed by atoms with E-state index in [0.717, 1.165) is 19.4 Å². The molecular weight excluding hydrogens is 222 g/mol. The van der Waals surface area contributed by atoms with Gasteiger partial charge in [-0.05, 0) is 43.7 Å². The van der Waals surface area contributed by atoms with Crippen LogP contribution in [0.4, 0.5) is 0 Å². The molecule has 0 radical (unpaired) electrons. The molecule has 1 aromatic heterocycles. The number of likely N-dealkylation sites (N-methyl/N-ethyl adjacent to an activating group) is 1. The molecule has 1 aliphatic carbocycles. The Morgan fingerprint density at radius 3 is 2.72 bits per heavy atom. The largest absolute Gasteiger partial charge is 0.314 e. The van der Waals surface area contributed by atoms with E-state index in [1.54, 1.807) is 6.33 Å². The molecule has 0 bridgehead atoms. The SMILES string of the molecule is CCNC(Cc1ncnc2c1CCCC2)C(C)C. The van der Waals surface area contributed by atoms with Crippen LogP contribution in [0, 0.1) is 5.92 Å². The number of nitrogens with zero attached hydrogens (tertiary/aromatic N) is 2. The lowest BCUT2D eigenvalue weighted by molar-refractivity contribution is 0.400. The van der Waals surface area contributed by atoms with Crippen LogP contribution in [0.2, 0.25) is 0 Å². The van der Waals surface area contributed by atoms with Crippen molar-refractivity contribution in [2.75, 3.05) is 6.54 Å². The zero-order valence-corrected chi connectivity index (χ0v) is 11.9. The molecule has 0 saturated heterocycles. The molecule has 0 amide bonds. The average Bonchev–Trinajstić information content (AvgIpc) is 2.38. The van der Waals surface area contributed by atoms with Crippen molar-refractivity contribution in [2.24, 2.45) is 5.92 Å². The summed E-state index contributed by atoms with van der Waals surface area (Å²) in [5, 5.41) is 3.58. The zero-order chi connectivity index (χ0) is 13.0. The van der Waals surface area contributed by atoms with E-state index in [4.69, 9.17) is 0 Å². The van der Waals surface area contributed by atoms with Crippen LogP contribution in [-0.2, 0) is 19.3 Å². The average molecular weight is 247 g/mol. The van der Waals surface area contributed by atoms with Crippen molar-refractivity contribution in [3.63, 3.8) is 0 Å². The lowest BCUT2D eigenvalue weighted by Crippen LogP contribution is -2.36. The molecule has 1 heterocycles. The van der Waals surface area contributed by atoms with Gasteiger partial charge in [0.25, 0.3) is 0 Å². The normalized spacial score (nSPS) is 16.7. The van der Waals surface area contributed by atoms with Crippen molar-refractivity contribution in [3.05, 3.63) is 23.3 Å². The van der Waals surface area contributed by atoms with Crippen LogP contribution in [0.3, 0.4) is 0 Å². The highest BCUT2D eigenvalue weighted by molar-refractivity contribution is 5.27. The lowest BCUT2D eigenvalue weighted by Gasteiger charge is -2.24. The molecule has 0 fully saturated rings. The molecular formula is C15H25N3. The number of nitrogens with one attached hydrogen (secondary N) is 1. The van der Waals surface area contributed by atoms with Gasteiger partial charge in [-0.1, -0.05) is 20.8 Å². The van der Waals surface area contributed by atoms with Crippen LogP contribution < -0.4 is 5.32 Å². The van der Waals surface area contributed by atoms with E-state index in [-0.39, 0.29) is 0 Å². The summed E-state index contributed by atoms with van der Waals surface area (Å²) in [6.45, 7) is 7.75. The van der Waals surface area contributed by atoms with Crippen molar-refractivity contribution in [1.82, 2.24) is 15.3 Å². The molecule has 0 spiro atoms. The summed E-state index contributed by atoms with van der Waals surface area (Å²) in [7, 11) is 0. The lowest BCUT2D eigenvalue weighted by atomic mass is 9.90. The Morgan fingerprint density at radius 2 is 2.00 bits per heavy atom. The van der Waals surface area contributed by atoms with Crippen LogP contribution in [0.5, 0.6) is 0 Å². The standard InChI is InChI=1S/C15H25N3/c1-4-16-14(11(2)3)9-15-12-7-5-6-8-13(12)17-10-18-15/h10-11,14,16H,4-9H2,1-3H3. The second-order valence-corrected chi connectivity index (χ2v) is 5.57. The molecule has 0 saturated carbocycles. The fraction of sp³-hybridized carbons (Fsp3) is 0.733. The number of hydrogen-bond acceptors (Lipinski definition) is 3. The minimum atomic E-state index is 0.524. The van der Waals surface area contributed by atoms with Gasteiger partial charge in [0.2, 0.25) is 0 Å². The van der Waals surface area contributed by atoms with Gasteiger partial charge in [-0.15, -0.1) is 0 Å². The summed E-state index contributed by atoms with van der Waals surface area (Å²) in [5.74, 6) is 0.638. The van der Waals surface area contributed by atoms with E-state index in [2.05, 4.69) is 36.1 Å². The number of hydrogen-bond donors (Lipinski definition) is 1. The summed E-state index contributed by atoms with van der Waals surface area (Å²) in [4.78, 5) is 8.99. The van der Waals surface area contributed by atoms with E-state index in [1.807, 2.05) is 0 Å². The van der Waals surface area contributed by atoms with Gasteiger partial charge < -0.3 is 5.32 Å². The quantitative estimate of drug-likeness (QED) is 0.869. The summed E-state index contributed by atoms with van der Waals surface area (Å²) < 4.78 is 0. The van der Waals surface area contributed by atoms with Crippen LogP contribution in [-0.4, -0.2) is 22.6 Å². The van der Waals surface area contributed by atoms with Crippen LogP contribution >= 0.6 is 0 Å². The van der Waals surface area contributed by atoms with Crippen molar-refractivity contribution < 1.29 is 0 Å². The third-order valence-electron chi connectivity index (χ3n) is 3.90. The summed E-state index contributed by atoms with van der Waals surface area (Å²) in [6, 6.07) is 0.524. The third kappa shape index (κ3) is 3.08. The van der Waals surface area contributed by atoms with Gasteiger partial charge in [-0.3, -0.25) is 0 Å². The minimum Gasteiger partial charge on any atom is -0.314 e. The number of aromatic nitrogens is 2. The second-order valence-electron chi connectivity index (χ2n) is 5.57. The van der Waals surface area contributed by atoms with Crippen LogP contribution in [0.25, 0.3) is 0 Å². The first kappa shape index (κ1) is 13.5. The molecule has 100 valence electrons. The number of rotatable bonds is 5. The van der Waals surface area contributed by atoms with Gasteiger partial charge in [0.15, 0.2) is 0 Å². The first-order valence-electron chi connectivity index (χ1n) is 7.27. The zero-order valence-electron chi connectivity index (χ0n) is 11.9. The molecule has 1 unspecified atom stereocenters. The highest BCUT2D eigenvalue weighted by atomic mass is 14.9. The Bertz CT molecular complexity index is 387. The maximum atomic E-state index is 4.55. The predicted molar refractivity (Wildman–Crippen MR) is 74.7 cm³/mol. The first-order valence-corrected chi connectivity index (χ1v) is 7.27. The summed E-state index contributed by atoms with van der Waals surface area (Å²) in [6.07, 6.45) is 7.67. The van der Waals surface area contributed by atoms with Crippen molar-refractivity contribution in [2.45, 2.75) is 58.9 Å². The molecule has 18 heavy (non-hydrogen) atoms. The van der Waals surface area contributed by atoms with Crippen molar-refractivity contribution >= 4 is 0 Å². The topological polar surface area (TPSA) is 37.8 Å². The Morgan fingerprint density at radius 1 is 1.22 bits per heavy atom. The van der Waals surface area contributed by atoms with E-state index in [0.29, 0.717) is 12.0 Å². The fourth-order valence-corrected chi connectivity index (χ4v) is 2.78. The molecule has 1 aromatic rings. The smallest absolute Gasteiger partial charge is 0.115 e. The van der Waals surface area contributed by atoms with E-state index < -0.39 is 0 Å². The molecule has 0 aromatic carbocycles. The van der Waals surface area contributed by atoms with Gasteiger partial charge in [0.1, 0.15) is 6.33 Å². The maximum Gasteiger partial charge on any atom is 0.115 e. The number of aryl methyl sites for hydroxylation is 1. The van der Waals surface area contributed by atoms with E-state index in [1.165, 1.54) is 36.2 Å². The van der Waals surface area contributed by atoms with E-state index in [9.17, 15) is 0 Å². The van der Waals surface area contributed by atoms with Crippen molar-refractivity contribution in [3.8, 4) is 0 Å². The molecule has 1 atom stereocenters. The molecule has 0 aliphatic heterocycles. The Kier molecular flexibility index (Phi) is 4.70. The van der Waals surface area contributed by atoms with Gasteiger partial charge >= 0.3 is 0 Å². The van der Waals surface area contributed by atoms with Gasteiger partial charge in [-0.2, -0.15) is 0 Å². The summed E-state index contributed by atoms with van der Waals surface area (Å²) in [5.41, 5.74) is 4.01. The van der Waals surface area contributed by atoms with Crippen molar-refractivity contribution in [1.29, 1.82) is 0 Å². The van der Waals surface area contributed by atoms with Crippen LogP contribution in [0.15, 0.2) is 6.33 Å². The Balaban J connectivity index is 2.17. The second kappa shape index (κ2) is 6.28. The van der Waals surface area contributed by atoms with Crippen LogP contribution in [0.1, 0.15) is 50.6 Å². The fourth-order valence-electron chi connectivity index (χ4n) is 2.78. The highest BCUT2D eigenvalue weighted by Crippen LogP contribution is 2.22. The van der Waals surface area contributed by atoms with Gasteiger partial charge in [-0.25, -0.2) is 9.97 Å². The van der Waals surface area contributed by atoms with Gasteiger partial charge in [0.05, 0.1) is 0 Å². The summed E-state index contributed by atoms with van der Waals surface area (Å²) >= 11 is 0. The third-order valence-corrected chi connectivity index (χ3v) is 3.90. The molecule has 2 rings (SSSR count). The molecule has 1 N–H and O–H groups in total.